The first-order chi connectivity index (χ1) is 10.4. The summed E-state index contributed by atoms with van der Waals surface area (Å²) in [7, 11) is -3.56. The number of amides is 1. The van der Waals surface area contributed by atoms with Gasteiger partial charge in [0, 0.05) is 12.1 Å². The fourth-order valence-electron chi connectivity index (χ4n) is 3.05. The highest BCUT2D eigenvalue weighted by Crippen LogP contribution is 2.39. The van der Waals surface area contributed by atoms with Crippen LogP contribution in [-0.4, -0.2) is 37.1 Å². The largest absolute Gasteiger partial charge is 0.336 e. The summed E-state index contributed by atoms with van der Waals surface area (Å²) in [6, 6.07) is 7.21. The lowest BCUT2D eigenvalue weighted by Crippen LogP contribution is -2.44. The second-order valence-electron chi connectivity index (χ2n) is 6.69. The third-order valence-corrected chi connectivity index (χ3v) is 6.23. The number of carbonyl (C=O) groups excluding carboxylic acids is 1. The maximum Gasteiger partial charge on any atom is 0.238 e. The van der Waals surface area contributed by atoms with Gasteiger partial charge in [-0.05, 0) is 63.1 Å². The third-order valence-electron chi connectivity index (χ3n) is 4.63. The van der Waals surface area contributed by atoms with E-state index in [4.69, 9.17) is 0 Å². The molecule has 5 heteroatoms. The van der Waals surface area contributed by atoms with E-state index in [9.17, 15) is 13.2 Å². The summed E-state index contributed by atoms with van der Waals surface area (Å²) >= 11 is 0. The van der Waals surface area contributed by atoms with E-state index in [0.717, 1.165) is 31.2 Å². The van der Waals surface area contributed by atoms with Gasteiger partial charge < -0.3 is 4.90 Å². The Bertz CT molecular complexity index is 675. The van der Waals surface area contributed by atoms with Crippen LogP contribution in [-0.2, 0) is 14.6 Å². The van der Waals surface area contributed by atoms with Gasteiger partial charge in [0.05, 0.1) is 4.90 Å². The van der Waals surface area contributed by atoms with E-state index in [2.05, 4.69) is 6.92 Å². The molecular formula is C17H23NO3S. The molecule has 1 amide bonds. The van der Waals surface area contributed by atoms with Crippen molar-refractivity contribution in [3.63, 3.8) is 0 Å². The lowest BCUT2D eigenvalue weighted by Gasteiger charge is -2.29. The van der Waals surface area contributed by atoms with E-state index in [1.807, 2.05) is 17.9 Å². The molecule has 1 atom stereocenters. The molecule has 1 aromatic carbocycles. The summed E-state index contributed by atoms with van der Waals surface area (Å²) in [6.07, 6.45) is 4.32. The zero-order valence-electron chi connectivity index (χ0n) is 13.2. The van der Waals surface area contributed by atoms with Gasteiger partial charge in [0.1, 0.15) is 5.75 Å². The van der Waals surface area contributed by atoms with Gasteiger partial charge in [0.2, 0.25) is 5.91 Å². The SMILES string of the molecule is Cc1cccc(S(=O)(=O)CC(=O)N(C2CC2)C(C)C2CC2)c1. The molecule has 0 saturated heterocycles. The number of hydrogen-bond acceptors (Lipinski definition) is 3. The zero-order chi connectivity index (χ0) is 15.9. The topological polar surface area (TPSA) is 54.5 Å². The van der Waals surface area contributed by atoms with Crippen LogP contribution >= 0.6 is 0 Å². The highest BCUT2D eigenvalue weighted by molar-refractivity contribution is 7.92. The summed E-state index contributed by atoms with van der Waals surface area (Å²) in [5.74, 6) is -0.0843. The van der Waals surface area contributed by atoms with Crippen LogP contribution in [0.5, 0.6) is 0 Å². The lowest BCUT2D eigenvalue weighted by molar-refractivity contribution is -0.131. The number of carbonyl (C=O) groups is 1. The van der Waals surface area contributed by atoms with E-state index in [0.29, 0.717) is 5.92 Å². The molecule has 1 aromatic rings. The van der Waals surface area contributed by atoms with Crippen LogP contribution in [0.2, 0.25) is 0 Å². The molecule has 2 saturated carbocycles. The number of aryl methyl sites for hydroxylation is 1. The van der Waals surface area contributed by atoms with Crippen molar-refractivity contribution in [3.05, 3.63) is 29.8 Å². The van der Waals surface area contributed by atoms with Crippen molar-refractivity contribution >= 4 is 15.7 Å². The molecule has 3 rings (SSSR count). The summed E-state index contributed by atoms with van der Waals surface area (Å²) < 4.78 is 25.0. The molecule has 2 aliphatic rings. The second-order valence-corrected chi connectivity index (χ2v) is 8.68. The number of benzene rings is 1. The van der Waals surface area contributed by atoms with Crippen molar-refractivity contribution in [1.29, 1.82) is 0 Å². The number of rotatable bonds is 6. The number of hydrogen-bond donors (Lipinski definition) is 0. The second kappa shape index (κ2) is 5.69. The first-order valence-corrected chi connectivity index (χ1v) is 9.64. The van der Waals surface area contributed by atoms with Gasteiger partial charge in [-0.1, -0.05) is 12.1 Å². The van der Waals surface area contributed by atoms with Crippen molar-refractivity contribution in [2.24, 2.45) is 5.92 Å². The van der Waals surface area contributed by atoms with Gasteiger partial charge in [0.25, 0.3) is 0 Å². The van der Waals surface area contributed by atoms with Crippen molar-refractivity contribution in [2.45, 2.75) is 56.5 Å². The molecule has 120 valence electrons. The molecule has 0 radical (unpaired) electrons. The number of nitrogens with zero attached hydrogens (tertiary/aromatic N) is 1. The van der Waals surface area contributed by atoms with Crippen LogP contribution in [0.4, 0.5) is 0 Å². The molecule has 0 bridgehead atoms. The average Bonchev–Trinajstić information content (AvgIpc) is 3.31. The molecule has 0 spiro atoms. The fourth-order valence-corrected chi connectivity index (χ4v) is 4.34. The summed E-state index contributed by atoms with van der Waals surface area (Å²) in [4.78, 5) is 14.7. The Balaban J connectivity index is 1.76. The molecule has 0 aliphatic heterocycles. The highest BCUT2D eigenvalue weighted by atomic mass is 32.2. The molecular weight excluding hydrogens is 298 g/mol. The van der Waals surface area contributed by atoms with Gasteiger partial charge in [-0.2, -0.15) is 0 Å². The maximum atomic E-state index is 12.6. The smallest absolute Gasteiger partial charge is 0.238 e. The van der Waals surface area contributed by atoms with Crippen LogP contribution in [0, 0.1) is 12.8 Å². The normalized spacial score (nSPS) is 19.7. The molecule has 2 aliphatic carbocycles. The average molecular weight is 321 g/mol. The van der Waals surface area contributed by atoms with Crippen LogP contribution in [0.15, 0.2) is 29.2 Å². The number of sulfone groups is 1. The van der Waals surface area contributed by atoms with E-state index >= 15 is 0 Å². The highest BCUT2D eigenvalue weighted by Gasteiger charge is 2.42. The van der Waals surface area contributed by atoms with E-state index in [-0.39, 0.29) is 22.9 Å². The third kappa shape index (κ3) is 3.35. The van der Waals surface area contributed by atoms with Gasteiger partial charge in [0.15, 0.2) is 9.84 Å². The van der Waals surface area contributed by atoms with Crippen LogP contribution in [0.3, 0.4) is 0 Å². The standard InChI is InChI=1S/C17H23NO3S/c1-12-4-3-5-16(10-12)22(20,21)11-17(19)18(15-8-9-15)13(2)14-6-7-14/h3-5,10,13-15H,6-9,11H2,1-2H3. The Morgan fingerprint density at radius 3 is 2.50 bits per heavy atom. The zero-order valence-corrected chi connectivity index (χ0v) is 14.0. The molecule has 4 nitrogen and oxygen atoms in total. The fraction of sp³-hybridized carbons (Fsp3) is 0.588. The van der Waals surface area contributed by atoms with Crippen molar-refractivity contribution in [1.82, 2.24) is 4.90 Å². The van der Waals surface area contributed by atoms with E-state index < -0.39 is 15.6 Å². The van der Waals surface area contributed by atoms with Crippen molar-refractivity contribution in [3.8, 4) is 0 Å². The Labute approximate surface area is 132 Å². The Morgan fingerprint density at radius 1 is 1.27 bits per heavy atom. The minimum absolute atomic E-state index is 0.174. The monoisotopic (exact) mass is 321 g/mol. The first-order valence-electron chi connectivity index (χ1n) is 7.99. The van der Waals surface area contributed by atoms with E-state index in [1.165, 1.54) is 0 Å². The minimum Gasteiger partial charge on any atom is -0.336 e. The lowest BCUT2D eigenvalue weighted by atomic mass is 10.2. The Morgan fingerprint density at radius 2 is 1.95 bits per heavy atom. The van der Waals surface area contributed by atoms with E-state index in [1.54, 1.807) is 18.2 Å². The van der Waals surface area contributed by atoms with Gasteiger partial charge in [-0.15, -0.1) is 0 Å². The van der Waals surface area contributed by atoms with Gasteiger partial charge in [-0.3, -0.25) is 4.79 Å². The molecule has 2 fully saturated rings. The predicted molar refractivity (Wildman–Crippen MR) is 85.3 cm³/mol. The van der Waals surface area contributed by atoms with Crippen molar-refractivity contribution in [2.75, 3.05) is 5.75 Å². The van der Waals surface area contributed by atoms with Gasteiger partial charge in [-0.25, -0.2) is 8.42 Å². The quantitative estimate of drug-likeness (QED) is 0.809. The molecule has 0 aromatic heterocycles. The molecule has 1 unspecified atom stereocenters. The van der Waals surface area contributed by atoms with Crippen LogP contribution in [0.25, 0.3) is 0 Å². The maximum absolute atomic E-state index is 12.6. The van der Waals surface area contributed by atoms with Crippen LogP contribution < -0.4 is 0 Å². The van der Waals surface area contributed by atoms with Crippen LogP contribution in [0.1, 0.15) is 38.2 Å². The molecule has 22 heavy (non-hydrogen) atoms. The summed E-state index contributed by atoms with van der Waals surface area (Å²) in [5.41, 5.74) is 0.888. The summed E-state index contributed by atoms with van der Waals surface area (Å²) in [6.45, 7) is 3.92. The molecule has 0 N–H and O–H groups in total. The molecule has 0 heterocycles. The predicted octanol–water partition coefficient (Wildman–Crippen LogP) is 2.56. The van der Waals surface area contributed by atoms with Crippen molar-refractivity contribution < 1.29 is 13.2 Å². The van der Waals surface area contributed by atoms with Gasteiger partial charge >= 0.3 is 0 Å². The minimum atomic E-state index is -3.56. The summed E-state index contributed by atoms with van der Waals surface area (Å²) in [5, 5.41) is 0. The Kier molecular flexibility index (Phi) is 4.02. The Hall–Kier alpha value is -1.36. The first kappa shape index (κ1) is 15.5.